The zero-order valence-electron chi connectivity index (χ0n) is 23.9. The predicted octanol–water partition coefficient (Wildman–Crippen LogP) is 5.94. The summed E-state index contributed by atoms with van der Waals surface area (Å²) in [7, 11) is 1.60. The van der Waals surface area contributed by atoms with Gasteiger partial charge in [-0.25, -0.2) is 0 Å². The van der Waals surface area contributed by atoms with Crippen molar-refractivity contribution in [1.29, 1.82) is 0 Å². The Morgan fingerprint density at radius 3 is 2.41 bits per heavy atom. The highest BCUT2D eigenvalue weighted by Gasteiger charge is 2.45. The number of anilines is 2. The van der Waals surface area contributed by atoms with Gasteiger partial charge < -0.3 is 10.1 Å². The Kier molecular flexibility index (Phi) is 9.32. The van der Waals surface area contributed by atoms with E-state index in [4.69, 9.17) is 28.6 Å². The van der Waals surface area contributed by atoms with Gasteiger partial charge >= 0.3 is 0 Å². The van der Waals surface area contributed by atoms with Gasteiger partial charge in [0.05, 0.1) is 18.5 Å². The molecule has 1 fully saturated rings. The first-order chi connectivity index (χ1) is 21.2. The van der Waals surface area contributed by atoms with Gasteiger partial charge in [0.25, 0.3) is 11.8 Å². The number of carbonyl (C=O) groups excluding carboxylic acids is 3. The Balaban J connectivity index is 1.36. The molecule has 44 heavy (non-hydrogen) atoms. The van der Waals surface area contributed by atoms with Crippen molar-refractivity contribution in [2.24, 2.45) is 10.9 Å². The molecule has 5 rings (SSSR count). The molecule has 4 aromatic rings. The topological polar surface area (TPSA) is 103 Å². The lowest BCUT2D eigenvalue weighted by molar-refractivity contribution is -0.140. The number of ether oxygens (including phenoxy) is 1. The zero-order chi connectivity index (χ0) is 31.2. The molecule has 1 heterocycles. The second kappa shape index (κ2) is 13.5. The molecule has 4 aromatic carbocycles. The molecular formula is C33H28ClN5O4S. The summed E-state index contributed by atoms with van der Waals surface area (Å²) in [5, 5.41) is 4.43. The summed E-state index contributed by atoms with van der Waals surface area (Å²) in [4.78, 5) is 46.3. The molecule has 0 saturated carbocycles. The molecule has 11 heteroatoms. The number of carbonyl (C=O) groups is 3. The number of hydrazine groups is 1. The SMILES string of the molecule is COc1cccc(C=Nc2ccc(C(=O)NN3C(=O)C(CNc4ccccc4C)C(=O)N(c4ccc(Cl)cc4)C3=S)cc2)c1. The fraction of sp³-hybridized carbons (Fsp3) is 0.121. The van der Waals surface area contributed by atoms with E-state index in [9.17, 15) is 14.4 Å². The largest absolute Gasteiger partial charge is 0.497 e. The van der Waals surface area contributed by atoms with E-state index >= 15 is 0 Å². The highest BCUT2D eigenvalue weighted by atomic mass is 35.5. The summed E-state index contributed by atoms with van der Waals surface area (Å²) in [6.45, 7) is 1.91. The van der Waals surface area contributed by atoms with Gasteiger partial charge in [0.1, 0.15) is 11.7 Å². The van der Waals surface area contributed by atoms with Crippen LogP contribution in [-0.4, -0.2) is 47.7 Å². The molecule has 1 unspecified atom stereocenters. The maximum atomic E-state index is 13.7. The normalized spacial score (nSPS) is 15.1. The summed E-state index contributed by atoms with van der Waals surface area (Å²) in [6, 6.07) is 28.0. The number of para-hydroxylation sites is 1. The van der Waals surface area contributed by atoms with Crippen molar-refractivity contribution in [2.75, 3.05) is 23.9 Å². The Morgan fingerprint density at radius 1 is 0.977 bits per heavy atom. The molecule has 1 atom stereocenters. The molecule has 0 spiro atoms. The van der Waals surface area contributed by atoms with Crippen LogP contribution in [0.4, 0.5) is 17.1 Å². The summed E-state index contributed by atoms with van der Waals surface area (Å²) in [5.74, 6) is -2.22. The smallest absolute Gasteiger partial charge is 0.270 e. The third-order valence-corrected chi connectivity index (χ3v) is 7.56. The van der Waals surface area contributed by atoms with Crippen LogP contribution in [0, 0.1) is 12.8 Å². The van der Waals surface area contributed by atoms with Gasteiger partial charge in [0.15, 0.2) is 0 Å². The number of rotatable bonds is 9. The molecule has 0 aromatic heterocycles. The molecule has 1 aliphatic rings. The van der Waals surface area contributed by atoms with Crippen molar-refractivity contribution < 1.29 is 19.1 Å². The summed E-state index contributed by atoms with van der Waals surface area (Å²) in [5.41, 5.74) is 6.49. The lowest BCUT2D eigenvalue weighted by atomic mass is 10.0. The van der Waals surface area contributed by atoms with Gasteiger partial charge in [-0.2, -0.15) is 5.01 Å². The van der Waals surface area contributed by atoms with Crippen LogP contribution in [-0.2, 0) is 9.59 Å². The van der Waals surface area contributed by atoms with Gasteiger partial charge in [-0.3, -0.25) is 29.7 Å². The lowest BCUT2D eigenvalue weighted by Gasteiger charge is -2.39. The van der Waals surface area contributed by atoms with Crippen molar-refractivity contribution in [3.63, 3.8) is 0 Å². The van der Waals surface area contributed by atoms with E-state index in [0.717, 1.165) is 27.6 Å². The van der Waals surface area contributed by atoms with Crippen molar-refractivity contribution in [3.8, 4) is 5.75 Å². The standard InChI is InChI=1S/C33H28ClN5O4S/c1-21-6-3-4-9-29(21)36-20-28-31(41)38(26-16-12-24(34)13-17-26)33(44)39(32(28)42)37-30(40)23-10-14-25(15-11-23)35-19-22-7-5-8-27(18-22)43-2/h3-19,28,36H,20H2,1-2H3,(H,37,40). The second-order valence-corrected chi connectivity index (χ2v) is 10.7. The number of nitrogens with zero attached hydrogens (tertiary/aromatic N) is 3. The molecule has 222 valence electrons. The molecule has 0 radical (unpaired) electrons. The predicted molar refractivity (Wildman–Crippen MR) is 176 cm³/mol. The number of amides is 3. The van der Waals surface area contributed by atoms with Crippen molar-refractivity contribution >= 4 is 69.9 Å². The summed E-state index contributed by atoms with van der Waals surface area (Å²) < 4.78 is 5.24. The number of aryl methyl sites for hydroxylation is 1. The molecular weight excluding hydrogens is 598 g/mol. The van der Waals surface area contributed by atoms with Crippen molar-refractivity contribution in [1.82, 2.24) is 10.4 Å². The summed E-state index contributed by atoms with van der Waals surface area (Å²) in [6.07, 6.45) is 1.69. The van der Waals surface area contributed by atoms with Crippen LogP contribution in [0.25, 0.3) is 0 Å². The minimum absolute atomic E-state index is 0.0123. The quantitative estimate of drug-likeness (QED) is 0.136. The molecule has 3 amide bonds. The molecule has 1 aliphatic heterocycles. The Morgan fingerprint density at radius 2 is 1.70 bits per heavy atom. The van der Waals surface area contributed by atoms with Crippen molar-refractivity contribution in [2.45, 2.75) is 6.92 Å². The number of hydrogen-bond donors (Lipinski definition) is 2. The average molecular weight is 626 g/mol. The first-order valence-corrected chi connectivity index (χ1v) is 14.4. The number of benzene rings is 4. The van der Waals surface area contributed by atoms with E-state index in [0.29, 0.717) is 16.4 Å². The van der Waals surface area contributed by atoms with E-state index in [1.807, 2.05) is 55.5 Å². The van der Waals surface area contributed by atoms with E-state index in [1.165, 1.54) is 4.90 Å². The maximum absolute atomic E-state index is 13.7. The van der Waals surface area contributed by atoms with Crippen LogP contribution in [0.15, 0.2) is 102 Å². The molecule has 9 nitrogen and oxygen atoms in total. The first kappa shape index (κ1) is 30.4. The fourth-order valence-electron chi connectivity index (χ4n) is 4.53. The number of thiocarbonyl (C=S) groups is 1. The molecule has 0 bridgehead atoms. The van der Waals surface area contributed by atoms with Gasteiger partial charge in [0.2, 0.25) is 11.0 Å². The minimum Gasteiger partial charge on any atom is -0.497 e. The second-order valence-electron chi connectivity index (χ2n) is 9.88. The van der Waals surface area contributed by atoms with Crippen LogP contribution in [0.3, 0.4) is 0 Å². The van der Waals surface area contributed by atoms with Gasteiger partial charge in [0, 0.05) is 29.0 Å². The molecule has 0 aliphatic carbocycles. The number of halogens is 1. The summed E-state index contributed by atoms with van der Waals surface area (Å²) >= 11 is 11.6. The van der Waals surface area contributed by atoms with Crippen LogP contribution >= 0.6 is 23.8 Å². The van der Waals surface area contributed by atoms with Crippen LogP contribution < -0.4 is 20.4 Å². The average Bonchev–Trinajstić information content (AvgIpc) is 3.04. The Hall–Kier alpha value is -5.06. The van der Waals surface area contributed by atoms with E-state index in [-0.39, 0.29) is 17.2 Å². The number of nitrogens with one attached hydrogen (secondary N) is 2. The van der Waals surface area contributed by atoms with Gasteiger partial charge in [-0.05, 0) is 97.0 Å². The number of hydrogen-bond acceptors (Lipinski definition) is 7. The Labute approximate surface area is 265 Å². The highest BCUT2D eigenvalue weighted by Crippen LogP contribution is 2.27. The third-order valence-electron chi connectivity index (χ3n) is 6.95. The van der Waals surface area contributed by atoms with Crippen LogP contribution in [0.5, 0.6) is 5.75 Å². The van der Waals surface area contributed by atoms with Gasteiger partial charge in [-0.1, -0.05) is 41.9 Å². The lowest BCUT2D eigenvalue weighted by Crippen LogP contribution is -2.65. The van der Waals surface area contributed by atoms with E-state index < -0.39 is 23.6 Å². The van der Waals surface area contributed by atoms with E-state index in [1.54, 1.807) is 61.9 Å². The third kappa shape index (κ3) is 6.77. The highest BCUT2D eigenvalue weighted by molar-refractivity contribution is 7.80. The monoisotopic (exact) mass is 625 g/mol. The number of aliphatic imine (C=N–C) groups is 1. The van der Waals surface area contributed by atoms with Crippen molar-refractivity contribution in [3.05, 3.63) is 119 Å². The van der Waals surface area contributed by atoms with E-state index in [2.05, 4.69) is 15.7 Å². The van der Waals surface area contributed by atoms with Crippen LogP contribution in [0.1, 0.15) is 21.5 Å². The Bertz CT molecular complexity index is 1740. The number of methoxy groups -OCH3 is 1. The fourth-order valence-corrected chi connectivity index (χ4v) is 4.99. The molecule has 1 saturated heterocycles. The maximum Gasteiger partial charge on any atom is 0.270 e. The minimum atomic E-state index is -1.18. The zero-order valence-corrected chi connectivity index (χ0v) is 25.4. The first-order valence-electron chi connectivity index (χ1n) is 13.6. The van der Waals surface area contributed by atoms with Gasteiger partial charge in [-0.15, -0.1) is 0 Å². The molecule has 2 N–H and O–H groups in total. The van der Waals surface area contributed by atoms with Crippen LogP contribution in [0.2, 0.25) is 5.02 Å².